The lowest BCUT2D eigenvalue weighted by Crippen LogP contribution is -2.50. The van der Waals surface area contributed by atoms with Crippen LogP contribution < -0.4 is 15.1 Å². The summed E-state index contributed by atoms with van der Waals surface area (Å²) >= 11 is 0. The molecule has 0 aliphatic carbocycles. The van der Waals surface area contributed by atoms with Gasteiger partial charge in [-0.3, -0.25) is 4.79 Å². The minimum atomic E-state index is -4.96. The Morgan fingerprint density at radius 3 is 2.24 bits per heavy atom. The lowest BCUT2D eigenvalue weighted by atomic mass is 10.0. The quantitative estimate of drug-likeness (QED) is 0.437. The molecule has 0 bridgehead atoms. The van der Waals surface area contributed by atoms with Gasteiger partial charge in [0.2, 0.25) is 5.95 Å². The minimum absolute atomic E-state index is 0.0799. The van der Waals surface area contributed by atoms with Crippen LogP contribution >= 0.6 is 0 Å². The molecule has 1 N–H and O–H groups in total. The fraction of sp³-hybridized carbons (Fsp3) is 0.414. The molecule has 5 rings (SSSR count). The number of aromatic nitrogens is 2. The first kappa shape index (κ1) is 29.6. The topological polar surface area (TPSA) is 67.8 Å². The molecule has 2 aliphatic rings. The van der Waals surface area contributed by atoms with Gasteiger partial charge in [0, 0.05) is 75.4 Å². The number of alkyl halides is 3. The number of nitrogens with one attached hydrogen (secondary N) is 1. The summed E-state index contributed by atoms with van der Waals surface area (Å²) in [5, 5.41) is 2.55. The number of carbonyl (C=O) groups is 1. The molecule has 1 aromatic heterocycles. The van der Waals surface area contributed by atoms with Crippen molar-refractivity contribution in [1.29, 1.82) is 0 Å². The van der Waals surface area contributed by atoms with E-state index in [9.17, 15) is 22.4 Å². The van der Waals surface area contributed by atoms with E-state index in [0.717, 1.165) is 38.3 Å². The summed E-state index contributed by atoms with van der Waals surface area (Å²) in [5.41, 5.74) is -1.27. The van der Waals surface area contributed by atoms with Crippen LogP contribution in [0.3, 0.4) is 0 Å². The third-order valence-corrected chi connectivity index (χ3v) is 7.90. The second-order valence-corrected chi connectivity index (χ2v) is 10.8. The van der Waals surface area contributed by atoms with Gasteiger partial charge < -0.3 is 24.9 Å². The first-order chi connectivity index (χ1) is 19.9. The Hall–Kier alpha value is -3.84. The summed E-state index contributed by atoms with van der Waals surface area (Å²) in [6.07, 6.45) is -1.98. The molecule has 2 aliphatic heterocycles. The van der Waals surface area contributed by atoms with Crippen molar-refractivity contribution in [2.75, 3.05) is 75.0 Å². The van der Waals surface area contributed by atoms with Crippen molar-refractivity contribution >= 4 is 23.2 Å². The van der Waals surface area contributed by atoms with Crippen LogP contribution in [-0.2, 0) is 6.18 Å². The van der Waals surface area contributed by atoms with Gasteiger partial charge >= 0.3 is 6.18 Å². The first-order valence-corrected chi connectivity index (χ1v) is 13.6. The number of halogens is 5. The van der Waals surface area contributed by atoms with Crippen LogP contribution in [0.2, 0.25) is 0 Å². The van der Waals surface area contributed by atoms with Gasteiger partial charge in [0.05, 0.1) is 22.5 Å². The lowest BCUT2D eigenvalue weighted by molar-refractivity contribution is -0.138. The van der Waals surface area contributed by atoms with Crippen LogP contribution in [0.1, 0.15) is 22.8 Å². The van der Waals surface area contributed by atoms with E-state index in [4.69, 9.17) is 0 Å². The Morgan fingerprint density at radius 2 is 1.60 bits per heavy atom. The number of amides is 1. The number of anilines is 3. The van der Waals surface area contributed by atoms with Gasteiger partial charge in [0.1, 0.15) is 11.6 Å². The highest BCUT2D eigenvalue weighted by Crippen LogP contribution is 2.37. The molecule has 2 fully saturated rings. The molecule has 0 unspecified atom stereocenters. The maximum absolute atomic E-state index is 15.7. The number of piperazine rings is 2. The van der Waals surface area contributed by atoms with Crippen molar-refractivity contribution in [3.05, 3.63) is 65.5 Å². The normalized spacial score (nSPS) is 18.8. The van der Waals surface area contributed by atoms with E-state index in [-0.39, 0.29) is 23.4 Å². The summed E-state index contributed by atoms with van der Waals surface area (Å²) in [7, 11) is 4.00. The van der Waals surface area contributed by atoms with Gasteiger partial charge in [0.15, 0.2) is 0 Å². The molecule has 1 amide bonds. The lowest BCUT2D eigenvalue weighted by Gasteiger charge is -2.39. The van der Waals surface area contributed by atoms with Crippen molar-refractivity contribution in [3.8, 4) is 11.1 Å². The number of benzene rings is 2. The van der Waals surface area contributed by atoms with Crippen molar-refractivity contribution in [2.24, 2.45) is 0 Å². The zero-order chi connectivity index (χ0) is 30.2. The van der Waals surface area contributed by atoms with E-state index >= 15 is 4.39 Å². The summed E-state index contributed by atoms with van der Waals surface area (Å²) in [5.74, 6) is -2.29. The number of likely N-dealkylation sites (N-methyl/N-ethyl adjacent to an activating group) is 2. The second-order valence-electron chi connectivity index (χ2n) is 10.8. The molecule has 8 nitrogen and oxygen atoms in total. The van der Waals surface area contributed by atoms with E-state index in [0.29, 0.717) is 36.8 Å². The minimum Gasteiger partial charge on any atom is -0.367 e. The molecule has 42 heavy (non-hydrogen) atoms. The second kappa shape index (κ2) is 11.8. The summed E-state index contributed by atoms with van der Waals surface area (Å²) in [6.45, 7) is 6.90. The molecule has 13 heteroatoms. The Bertz CT molecular complexity index is 1440. The van der Waals surface area contributed by atoms with Gasteiger partial charge in [-0.05, 0) is 51.4 Å². The van der Waals surface area contributed by atoms with Crippen molar-refractivity contribution in [1.82, 2.24) is 19.8 Å². The van der Waals surface area contributed by atoms with Crippen LogP contribution in [0.4, 0.5) is 39.3 Å². The highest BCUT2D eigenvalue weighted by molar-refractivity contribution is 6.07. The average Bonchev–Trinajstić information content (AvgIpc) is 2.95. The largest absolute Gasteiger partial charge is 0.417 e. The summed E-state index contributed by atoms with van der Waals surface area (Å²) in [6, 6.07) is 4.63. The number of nitrogens with zero attached hydrogens (tertiary/aromatic N) is 6. The predicted molar refractivity (Wildman–Crippen MR) is 151 cm³/mol. The van der Waals surface area contributed by atoms with Crippen LogP contribution in [0.15, 0.2) is 42.7 Å². The molecule has 2 aromatic carbocycles. The molecule has 2 saturated heterocycles. The van der Waals surface area contributed by atoms with E-state index in [2.05, 4.69) is 25.1 Å². The molecule has 3 heterocycles. The fourth-order valence-corrected chi connectivity index (χ4v) is 5.18. The zero-order valence-electron chi connectivity index (χ0n) is 23.5. The van der Waals surface area contributed by atoms with E-state index in [1.165, 1.54) is 24.5 Å². The smallest absolute Gasteiger partial charge is 0.367 e. The van der Waals surface area contributed by atoms with E-state index in [1.54, 1.807) is 0 Å². The van der Waals surface area contributed by atoms with E-state index < -0.39 is 34.8 Å². The number of carbonyl (C=O) groups excluding carboxylic acids is 1. The molecular weight excluding hydrogens is 557 g/mol. The molecule has 224 valence electrons. The Kier molecular flexibility index (Phi) is 8.33. The van der Waals surface area contributed by atoms with Gasteiger partial charge in [0.25, 0.3) is 5.91 Å². The third kappa shape index (κ3) is 6.31. The maximum Gasteiger partial charge on any atom is 0.417 e. The SMILES string of the molecule is C[C@@H]1CN(c2cc(F)c(-c3cnc(N4CCN(C)CC4)nc3)cc2NC(=O)c2ccc(F)cc2C(F)(F)F)CCN1C. The van der Waals surface area contributed by atoms with Crippen molar-refractivity contribution in [3.63, 3.8) is 0 Å². The Morgan fingerprint density at radius 1 is 0.929 bits per heavy atom. The maximum atomic E-state index is 15.7. The van der Waals surface area contributed by atoms with Crippen molar-refractivity contribution in [2.45, 2.75) is 19.1 Å². The predicted octanol–water partition coefficient (Wildman–Crippen LogP) is 4.59. The van der Waals surface area contributed by atoms with Gasteiger partial charge in [-0.2, -0.15) is 13.2 Å². The number of hydrogen-bond donors (Lipinski definition) is 1. The van der Waals surface area contributed by atoms with Gasteiger partial charge in [-0.25, -0.2) is 18.7 Å². The molecule has 1 atom stereocenters. The zero-order valence-corrected chi connectivity index (χ0v) is 23.5. The summed E-state index contributed by atoms with van der Waals surface area (Å²) < 4.78 is 70.4. The third-order valence-electron chi connectivity index (χ3n) is 7.90. The monoisotopic (exact) mass is 589 g/mol. The highest BCUT2D eigenvalue weighted by Gasteiger charge is 2.36. The molecule has 0 saturated carbocycles. The van der Waals surface area contributed by atoms with Gasteiger partial charge in [-0.1, -0.05) is 0 Å². The van der Waals surface area contributed by atoms with Gasteiger partial charge in [-0.15, -0.1) is 0 Å². The highest BCUT2D eigenvalue weighted by atomic mass is 19.4. The number of hydrogen-bond acceptors (Lipinski definition) is 7. The van der Waals surface area contributed by atoms with E-state index in [1.807, 2.05) is 30.8 Å². The van der Waals surface area contributed by atoms with Crippen LogP contribution in [0.25, 0.3) is 11.1 Å². The Balaban J connectivity index is 1.51. The summed E-state index contributed by atoms with van der Waals surface area (Å²) in [4.78, 5) is 30.3. The Labute approximate surface area is 240 Å². The van der Waals surface area contributed by atoms with Crippen LogP contribution in [0, 0.1) is 11.6 Å². The fourth-order valence-electron chi connectivity index (χ4n) is 5.18. The average molecular weight is 590 g/mol. The van der Waals surface area contributed by atoms with Crippen molar-refractivity contribution < 1.29 is 26.7 Å². The molecule has 3 aromatic rings. The number of rotatable bonds is 5. The van der Waals surface area contributed by atoms with Crippen LogP contribution in [0.5, 0.6) is 0 Å². The standard InChI is InChI=1S/C29H32F5N7O/c1-18-17-41(11-8-39(18)3)26-14-24(31)22(19-15-35-28(36-16-19)40-9-6-38(2)7-10-40)13-25(26)37-27(42)21-5-4-20(30)12-23(21)29(32,33)34/h4-5,12-16,18H,6-11,17H2,1-3H3,(H,37,42)/t18-/m1/s1. The molecule has 0 spiro atoms. The molecular formula is C29H32F5N7O. The molecule has 0 radical (unpaired) electrons. The first-order valence-electron chi connectivity index (χ1n) is 13.6. The van der Waals surface area contributed by atoms with Crippen LogP contribution in [-0.4, -0.2) is 91.6 Å².